The third-order valence-corrected chi connectivity index (χ3v) is 3.01. The molecule has 0 aromatic heterocycles. The van der Waals surface area contributed by atoms with Crippen molar-refractivity contribution in [3.8, 4) is 5.75 Å². The molecule has 0 saturated heterocycles. The highest BCUT2D eigenvalue weighted by Gasteiger charge is 2.19. The SMILES string of the molecule is CC(C)(CO)CCCNC(=O)c1c(O)cc(F)cc1F. The van der Waals surface area contributed by atoms with Crippen LogP contribution in [0.3, 0.4) is 0 Å². The van der Waals surface area contributed by atoms with Crippen molar-refractivity contribution in [2.45, 2.75) is 26.7 Å². The number of amides is 1. The van der Waals surface area contributed by atoms with Crippen molar-refractivity contribution in [1.82, 2.24) is 5.32 Å². The van der Waals surface area contributed by atoms with Crippen LogP contribution in [-0.4, -0.2) is 29.3 Å². The Labute approximate surface area is 116 Å². The van der Waals surface area contributed by atoms with Crippen molar-refractivity contribution in [2.75, 3.05) is 13.2 Å². The molecule has 3 N–H and O–H groups in total. The van der Waals surface area contributed by atoms with E-state index in [-0.39, 0.29) is 18.6 Å². The largest absolute Gasteiger partial charge is 0.507 e. The molecule has 0 radical (unpaired) electrons. The molecular formula is C14H19F2NO3. The van der Waals surface area contributed by atoms with Gasteiger partial charge in [-0.3, -0.25) is 4.79 Å². The Morgan fingerprint density at radius 2 is 2.00 bits per heavy atom. The topological polar surface area (TPSA) is 69.6 Å². The minimum absolute atomic E-state index is 0.0360. The van der Waals surface area contributed by atoms with Crippen LogP contribution < -0.4 is 5.32 Å². The Bertz CT molecular complexity index is 466. The van der Waals surface area contributed by atoms with Crippen LogP contribution in [0, 0.1) is 17.0 Å². The van der Waals surface area contributed by atoms with E-state index in [2.05, 4.69) is 5.32 Å². The van der Waals surface area contributed by atoms with Gasteiger partial charge in [0.25, 0.3) is 5.91 Å². The van der Waals surface area contributed by atoms with Crippen LogP contribution in [0.25, 0.3) is 0 Å². The second kappa shape index (κ2) is 6.65. The third kappa shape index (κ3) is 4.45. The molecule has 4 nitrogen and oxygen atoms in total. The van der Waals surface area contributed by atoms with Gasteiger partial charge in [0.05, 0.1) is 0 Å². The normalized spacial score (nSPS) is 11.4. The summed E-state index contributed by atoms with van der Waals surface area (Å²) in [4.78, 5) is 11.7. The van der Waals surface area contributed by atoms with Crippen LogP contribution >= 0.6 is 0 Å². The van der Waals surface area contributed by atoms with Crippen LogP contribution in [0.1, 0.15) is 37.0 Å². The molecule has 20 heavy (non-hydrogen) atoms. The van der Waals surface area contributed by atoms with Gasteiger partial charge < -0.3 is 15.5 Å². The first-order valence-electron chi connectivity index (χ1n) is 6.34. The van der Waals surface area contributed by atoms with Gasteiger partial charge >= 0.3 is 0 Å². The third-order valence-electron chi connectivity index (χ3n) is 3.01. The van der Waals surface area contributed by atoms with Gasteiger partial charge in [-0.1, -0.05) is 13.8 Å². The van der Waals surface area contributed by atoms with Crippen molar-refractivity contribution < 1.29 is 23.8 Å². The van der Waals surface area contributed by atoms with E-state index < -0.39 is 28.9 Å². The molecule has 0 aliphatic heterocycles. The Morgan fingerprint density at radius 3 is 2.55 bits per heavy atom. The summed E-state index contributed by atoms with van der Waals surface area (Å²) in [6.45, 7) is 4.09. The number of phenols is 1. The second-order valence-corrected chi connectivity index (χ2v) is 5.46. The molecule has 0 aliphatic carbocycles. The molecule has 0 aliphatic rings. The highest BCUT2D eigenvalue weighted by Crippen LogP contribution is 2.22. The maximum Gasteiger partial charge on any atom is 0.258 e. The summed E-state index contributed by atoms with van der Waals surface area (Å²) in [6, 6.07) is 1.23. The van der Waals surface area contributed by atoms with Gasteiger partial charge in [0.1, 0.15) is 22.9 Å². The molecule has 0 atom stereocenters. The van der Waals surface area contributed by atoms with E-state index in [4.69, 9.17) is 5.11 Å². The van der Waals surface area contributed by atoms with E-state index in [1.54, 1.807) is 0 Å². The van der Waals surface area contributed by atoms with Gasteiger partial charge in [-0.05, 0) is 18.3 Å². The zero-order chi connectivity index (χ0) is 15.3. The number of phenolic OH excluding ortho intramolecular Hbond substituents is 1. The molecule has 112 valence electrons. The van der Waals surface area contributed by atoms with Gasteiger partial charge in [-0.15, -0.1) is 0 Å². The van der Waals surface area contributed by atoms with Crippen molar-refractivity contribution >= 4 is 5.91 Å². The van der Waals surface area contributed by atoms with E-state index in [1.807, 2.05) is 13.8 Å². The van der Waals surface area contributed by atoms with Crippen LogP contribution in [0.5, 0.6) is 5.75 Å². The second-order valence-electron chi connectivity index (χ2n) is 5.46. The van der Waals surface area contributed by atoms with Crippen LogP contribution in [0.15, 0.2) is 12.1 Å². The van der Waals surface area contributed by atoms with Crippen molar-refractivity contribution in [3.05, 3.63) is 29.3 Å². The number of carbonyl (C=O) groups excluding carboxylic acids is 1. The van der Waals surface area contributed by atoms with Crippen molar-refractivity contribution in [3.63, 3.8) is 0 Å². The Hall–Kier alpha value is -1.69. The fourth-order valence-corrected chi connectivity index (χ4v) is 1.72. The number of nitrogens with one attached hydrogen (secondary N) is 1. The molecule has 1 amide bonds. The van der Waals surface area contributed by atoms with E-state index >= 15 is 0 Å². The zero-order valence-corrected chi connectivity index (χ0v) is 11.5. The Morgan fingerprint density at radius 1 is 1.35 bits per heavy atom. The molecule has 0 unspecified atom stereocenters. The van der Waals surface area contributed by atoms with E-state index in [9.17, 15) is 18.7 Å². The molecule has 0 spiro atoms. The first-order valence-corrected chi connectivity index (χ1v) is 6.34. The van der Waals surface area contributed by atoms with Gasteiger partial charge in [0.2, 0.25) is 0 Å². The van der Waals surface area contributed by atoms with E-state index in [0.29, 0.717) is 25.0 Å². The minimum atomic E-state index is -1.10. The van der Waals surface area contributed by atoms with E-state index in [0.717, 1.165) is 0 Å². The zero-order valence-electron chi connectivity index (χ0n) is 11.5. The van der Waals surface area contributed by atoms with Gasteiger partial charge in [-0.2, -0.15) is 0 Å². The molecule has 6 heteroatoms. The first kappa shape index (κ1) is 16.4. The summed E-state index contributed by atoms with van der Waals surface area (Å²) in [5.74, 6) is -3.56. The van der Waals surface area contributed by atoms with Gasteiger partial charge in [0, 0.05) is 25.3 Å². The Balaban J connectivity index is 2.56. The standard InChI is InChI=1S/C14H19F2NO3/c1-14(2,8-18)4-3-5-17-13(20)12-10(16)6-9(15)7-11(12)19/h6-7,18-19H,3-5,8H2,1-2H3,(H,17,20). The molecule has 0 saturated carbocycles. The van der Waals surface area contributed by atoms with Crippen molar-refractivity contribution in [1.29, 1.82) is 0 Å². The van der Waals surface area contributed by atoms with Gasteiger partial charge in [-0.25, -0.2) is 8.78 Å². The van der Waals surface area contributed by atoms with Gasteiger partial charge in [0.15, 0.2) is 0 Å². The monoisotopic (exact) mass is 287 g/mol. The molecule has 0 bridgehead atoms. The average Bonchev–Trinajstić information content (AvgIpc) is 2.33. The first-order chi connectivity index (χ1) is 9.26. The lowest BCUT2D eigenvalue weighted by Crippen LogP contribution is -2.27. The lowest BCUT2D eigenvalue weighted by molar-refractivity contribution is 0.0941. The summed E-state index contributed by atoms with van der Waals surface area (Å²) in [6.07, 6.45) is 1.28. The number of rotatable bonds is 6. The maximum atomic E-state index is 13.4. The number of hydrogen-bond acceptors (Lipinski definition) is 3. The predicted molar refractivity (Wildman–Crippen MR) is 70.5 cm³/mol. The number of aliphatic hydroxyl groups is 1. The summed E-state index contributed by atoms with van der Waals surface area (Å²) in [7, 11) is 0. The van der Waals surface area contributed by atoms with Crippen LogP contribution in [0.4, 0.5) is 8.78 Å². The number of hydrogen-bond donors (Lipinski definition) is 3. The molecule has 1 aromatic carbocycles. The van der Waals surface area contributed by atoms with Crippen molar-refractivity contribution in [2.24, 2.45) is 5.41 Å². The predicted octanol–water partition coefficient (Wildman–Crippen LogP) is 2.20. The summed E-state index contributed by atoms with van der Waals surface area (Å²) in [5.41, 5.74) is -0.804. The summed E-state index contributed by atoms with van der Waals surface area (Å²) in [5, 5.41) is 20.9. The number of benzene rings is 1. The quantitative estimate of drug-likeness (QED) is 0.702. The summed E-state index contributed by atoms with van der Waals surface area (Å²) >= 11 is 0. The molecule has 1 aromatic rings. The maximum absolute atomic E-state index is 13.4. The fourth-order valence-electron chi connectivity index (χ4n) is 1.72. The highest BCUT2D eigenvalue weighted by molar-refractivity contribution is 5.97. The molecular weight excluding hydrogens is 268 g/mol. The number of aromatic hydroxyl groups is 1. The fraction of sp³-hybridized carbons (Fsp3) is 0.500. The Kier molecular flexibility index (Phi) is 5.44. The van der Waals surface area contributed by atoms with E-state index in [1.165, 1.54) is 0 Å². The highest BCUT2D eigenvalue weighted by atomic mass is 19.1. The molecule has 0 heterocycles. The summed E-state index contributed by atoms with van der Waals surface area (Å²) < 4.78 is 26.2. The minimum Gasteiger partial charge on any atom is -0.507 e. The number of aliphatic hydroxyl groups excluding tert-OH is 1. The molecule has 0 fully saturated rings. The smallest absolute Gasteiger partial charge is 0.258 e. The average molecular weight is 287 g/mol. The lowest BCUT2D eigenvalue weighted by Gasteiger charge is -2.21. The number of carbonyl (C=O) groups is 1. The molecule has 1 rings (SSSR count). The van der Waals surface area contributed by atoms with Crippen LogP contribution in [-0.2, 0) is 0 Å². The number of halogens is 2. The lowest BCUT2D eigenvalue weighted by atomic mass is 9.89. The van der Waals surface area contributed by atoms with Crippen LogP contribution in [0.2, 0.25) is 0 Å².